The van der Waals surface area contributed by atoms with E-state index in [1.807, 2.05) is 0 Å². The lowest BCUT2D eigenvalue weighted by atomic mass is 9.88. The summed E-state index contributed by atoms with van der Waals surface area (Å²) in [6.07, 6.45) is 2.04. The number of amides is 1. The van der Waals surface area contributed by atoms with Crippen molar-refractivity contribution in [2.45, 2.75) is 25.4 Å². The van der Waals surface area contributed by atoms with E-state index < -0.39 is 10.5 Å². The van der Waals surface area contributed by atoms with E-state index in [2.05, 4.69) is 0 Å². The van der Waals surface area contributed by atoms with Gasteiger partial charge < -0.3 is 10.0 Å². The molecule has 0 unspecified atom stereocenters. The Labute approximate surface area is 116 Å². The van der Waals surface area contributed by atoms with Crippen LogP contribution in [0.15, 0.2) is 18.2 Å². The quantitative estimate of drug-likeness (QED) is 0.669. The summed E-state index contributed by atoms with van der Waals surface area (Å²) < 4.78 is 0. The molecule has 20 heavy (non-hydrogen) atoms. The van der Waals surface area contributed by atoms with Gasteiger partial charge in [-0.25, -0.2) is 0 Å². The van der Waals surface area contributed by atoms with Crippen molar-refractivity contribution in [3.05, 3.63) is 39.4 Å². The maximum Gasteiger partial charge on any atom is 0.270 e. The highest BCUT2D eigenvalue weighted by atomic mass is 16.6. The first-order chi connectivity index (χ1) is 9.39. The molecule has 1 aromatic carbocycles. The normalized spacial score (nSPS) is 20.4. The minimum Gasteiger partial charge on any atom is -0.386 e. The molecule has 0 radical (unpaired) electrons. The highest BCUT2D eigenvalue weighted by molar-refractivity contribution is 5.95. The van der Waals surface area contributed by atoms with Crippen LogP contribution in [-0.4, -0.2) is 39.5 Å². The molecule has 1 aromatic rings. The topological polar surface area (TPSA) is 83.7 Å². The van der Waals surface area contributed by atoms with Gasteiger partial charge in [-0.3, -0.25) is 14.9 Å². The van der Waals surface area contributed by atoms with E-state index in [1.165, 1.54) is 12.1 Å². The third-order valence-corrected chi connectivity index (χ3v) is 4.07. The largest absolute Gasteiger partial charge is 0.386 e. The third kappa shape index (κ3) is 2.16. The number of rotatable bonds is 3. The summed E-state index contributed by atoms with van der Waals surface area (Å²) in [5, 5.41) is 21.0. The van der Waals surface area contributed by atoms with Crippen molar-refractivity contribution in [2.24, 2.45) is 5.92 Å². The minimum absolute atomic E-state index is 0.0775. The van der Waals surface area contributed by atoms with Gasteiger partial charge in [-0.2, -0.15) is 0 Å². The average molecular weight is 276 g/mol. The van der Waals surface area contributed by atoms with Crippen molar-refractivity contribution in [3.8, 4) is 0 Å². The second kappa shape index (κ2) is 4.28. The molecule has 0 spiro atoms. The van der Waals surface area contributed by atoms with Crippen LogP contribution in [0.2, 0.25) is 0 Å². The summed E-state index contributed by atoms with van der Waals surface area (Å²) in [7, 11) is 0. The van der Waals surface area contributed by atoms with E-state index in [1.54, 1.807) is 17.9 Å². The van der Waals surface area contributed by atoms with E-state index in [0.717, 1.165) is 12.8 Å². The molecule has 106 valence electrons. The molecule has 1 heterocycles. The van der Waals surface area contributed by atoms with Crippen LogP contribution >= 0.6 is 0 Å². The number of nitrogens with zero attached hydrogens (tertiary/aromatic N) is 2. The molecule has 1 amide bonds. The first-order valence-corrected chi connectivity index (χ1v) is 6.67. The minimum atomic E-state index is -0.731. The number of hydrogen-bond acceptors (Lipinski definition) is 4. The summed E-state index contributed by atoms with van der Waals surface area (Å²) in [4.78, 5) is 24.2. The van der Waals surface area contributed by atoms with Crippen molar-refractivity contribution < 1.29 is 14.8 Å². The molecule has 1 aliphatic carbocycles. The summed E-state index contributed by atoms with van der Waals surface area (Å²) in [6, 6.07) is 4.38. The molecule has 1 saturated carbocycles. The fraction of sp³-hybridized carbons (Fsp3) is 0.500. The average Bonchev–Trinajstić information content (AvgIpc) is 3.17. The standard InChI is InChI=1S/C14H16N2O4/c1-9-4-10(6-12(5-9)16(19)20)13(17)15-7-14(18,8-15)11-2-3-11/h4-6,11,18H,2-3,7-8H2,1H3. The zero-order valence-corrected chi connectivity index (χ0v) is 11.2. The summed E-state index contributed by atoms with van der Waals surface area (Å²) >= 11 is 0. The molecule has 2 aliphatic rings. The highest BCUT2D eigenvalue weighted by Gasteiger charge is 2.53. The SMILES string of the molecule is Cc1cc(C(=O)N2CC(O)(C3CC3)C2)cc([N+](=O)[O-])c1. The smallest absolute Gasteiger partial charge is 0.270 e. The zero-order valence-electron chi connectivity index (χ0n) is 11.2. The number of carbonyl (C=O) groups excluding carboxylic acids is 1. The van der Waals surface area contributed by atoms with Crippen LogP contribution in [0.25, 0.3) is 0 Å². The molecule has 3 rings (SSSR count). The maximum atomic E-state index is 12.3. The predicted octanol–water partition coefficient (Wildman–Crippen LogP) is 1.50. The monoisotopic (exact) mass is 276 g/mol. The molecule has 0 atom stereocenters. The summed E-state index contributed by atoms with van der Waals surface area (Å²) in [6.45, 7) is 2.39. The van der Waals surface area contributed by atoms with Crippen molar-refractivity contribution in [2.75, 3.05) is 13.1 Å². The zero-order chi connectivity index (χ0) is 14.5. The van der Waals surface area contributed by atoms with E-state index in [0.29, 0.717) is 30.1 Å². The van der Waals surface area contributed by atoms with Gasteiger partial charge in [0.15, 0.2) is 0 Å². The van der Waals surface area contributed by atoms with Gasteiger partial charge in [-0.05, 0) is 37.3 Å². The van der Waals surface area contributed by atoms with Crippen molar-refractivity contribution in [1.82, 2.24) is 4.90 Å². The van der Waals surface area contributed by atoms with Crippen LogP contribution in [0.5, 0.6) is 0 Å². The van der Waals surface area contributed by atoms with Crippen LogP contribution in [0.1, 0.15) is 28.8 Å². The molecular formula is C14H16N2O4. The van der Waals surface area contributed by atoms with Gasteiger partial charge in [0.25, 0.3) is 11.6 Å². The van der Waals surface area contributed by atoms with Gasteiger partial charge in [0.2, 0.25) is 0 Å². The van der Waals surface area contributed by atoms with Gasteiger partial charge in [0.05, 0.1) is 18.0 Å². The number of aryl methyl sites for hydroxylation is 1. The Morgan fingerprint density at radius 3 is 2.60 bits per heavy atom. The fourth-order valence-electron chi connectivity index (χ4n) is 2.81. The van der Waals surface area contributed by atoms with Crippen molar-refractivity contribution in [1.29, 1.82) is 0 Å². The van der Waals surface area contributed by atoms with Gasteiger partial charge in [-0.1, -0.05) is 0 Å². The first kappa shape index (κ1) is 13.1. The molecule has 1 aliphatic heterocycles. The number of β-amino-alcohol motifs (C(OH)–C–C–N with tert-alkyl or cyclic N) is 1. The van der Waals surface area contributed by atoms with Crippen molar-refractivity contribution in [3.63, 3.8) is 0 Å². The number of likely N-dealkylation sites (tertiary alicyclic amines) is 1. The van der Waals surface area contributed by atoms with E-state index in [9.17, 15) is 20.0 Å². The number of aliphatic hydroxyl groups is 1. The molecule has 6 heteroatoms. The fourth-order valence-corrected chi connectivity index (χ4v) is 2.81. The van der Waals surface area contributed by atoms with Crippen LogP contribution in [0.3, 0.4) is 0 Å². The Morgan fingerprint density at radius 2 is 2.05 bits per heavy atom. The lowest BCUT2D eigenvalue weighted by molar-refractivity contribution is -0.384. The maximum absolute atomic E-state index is 12.3. The first-order valence-electron chi connectivity index (χ1n) is 6.67. The molecule has 0 aromatic heterocycles. The molecule has 1 N–H and O–H groups in total. The van der Waals surface area contributed by atoms with Gasteiger partial charge in [0.1, 0.15) is 5.60 Å². The number of nitro benzene ring substituents is 1. The van der Waals surface area contributed by atoms with Crippen LogP contribution < -0.4 is 0 Å². The molecule has 2 fully saturated rings. The Balaban J connectivity index is 1.76. The summed E-state index contributed by atoms with van der Waals surface area (Å²) in [5.74, 6) is 0.0699. The number of nitro groups is 1. The molecule has 1 saturated heterocycles. The molecular weight excluding hydrogens is 260 g/mol. The number of benzene rings is 1. The van der Waals surface area contributed by atoms with Gasteiger partial charge in [0, 0.05) is 17.7 Å². The Bertz CT molecular complexity index is 589. The molecule has 0 bridgehead atoms. The number of carbonyl (C=O) groups is 1. The third-order valence-electron chi connectivity index (χ3n) is 4.07. The second-order valence-electron chi connectivity index (χ2n) is 5.85. The predicted molar refractivity (Wildman–Crippen MR) is 71.4 cm³/mol. The van der Waals surface area contributed by atoms with E-state index in [4.69, 9.17) is 0 Å². The second-order valence-corrected chi connectivity index (χ2v) is 5.85. The van der Waals surface area contributed by atoms with Gasteiger partial charge >= 0.3 is 0 Å². The Kier molecular flexibility index (Phi) is 2.79. The van der Waals surface area contributed by atoms with E-state index >= 15 is 0 Å². The number of hydrogen-bond donors (Lipinski definition) is 1. The summed E-state index contributed by atoms with van der Waals surface area (Å²) in [5.41, 5.74) is 0.187. The Hall–Kier alpha value is -1.95. The lowest BCUT2D eigenvalue weighted by Gasteiger charge is -2.47. The highest BCUT2D eigenvalue weighted by Crippen LogP contribution is 2.44. The van der Waals surface area contributed by atoms with Crippen LogP contribution in [0.4, 0.5) is 5.69 Å². The number of non-ortho nitro benzene ring substituents is 1. The van der Waals surface area contributed by atoms with Crippen LogP contribution in [0, 0.1) is 23.0 Å². The van der Waals surface area contributed by atoms with Gasteiger partial charge in [-0.15, -0.1) is 0 Å². The van der Waals surface area contributed by atoms with E-state index in [-0.39, 0.29) is 11.6 Å². The Morgan fingerprint density at radius 1 is 1.40 bits per heavy atom. The van der Waals surface area contributed by atoms with Crippen LogP contribution in [-0.2, 0) is 0 Å². The van der Waals surface area contributed by atoms with Crippen molar-refractivity contribution >= 4 is 11.6 Å². The molecule has 6 nitrogen and oxygen atoms in total. The lowest BCUT2D eigenvalue weighted by Crippen LogP contribution is -2.64.